The van der Waals surface area contributed by atoms with E-state index in [0.29, 0.717) is 17.7 Å². The Morgan fingerprint density at radius 3 is 2.40 bits per heavy atom. The summed E-state index contributed by atoms with van der Waals surface area (Å²) in [6, 6.07) is 7.93. The van der Waals surface area contributed by atoms with Crippen molar-refractivity contribution in [3.63, 3.8) is 0 Å². The number of nitrogens with two attached hydrogens (primary N) is 1. The second kappa shape index (κ2) is 10.7. The Labute approximate surface area is 201 Å². The fraction of sp³-hybridized carbons (Fsp3) is 0.192. The first kappa shape index (κ1) is 25.3. The van der Waals surface area contributed by atoms with Gasteiger partial charge in [-0.2, -0.15) is 13.2 Å². The van der Waals surface area contributed by atoms with Crippen molar-refractivity contribution >= 4 is 17.5 Å². The lowest BCUT2D eigenvalue weighted by atomic mass is 10.0. The second-order valence-electron chi connectivity index (χ2n) is 7.86. The van der Waals surface area contributed by atoms with Crippen LogP contribution < -0.4 is 11.1 Å². The number of hydrogen-bond donors (Lipinski definition) is 2. The third kappa shape index (κ3) is 7.07. The number of benzene rings is 2. The van der Waals surface area contributed by atoms with Gasteiger partial charge >= 0.3 is 6.18 Å². The van der Waals surface area contributed by atoms with E-state index < -0.39 is 17.6 Å². The summed E-state index contributed by atoms with van der Waals surface area (Å²) in [5, 5.41) is 2.57. The van der Waals surface area contributed by atoms with Crippen molar-refractivity contribution in [2.24, 2.45) is 0 Å². The van der Waals surface area contributed by atoms with Gasteiger partial charge in [0, 0.05) is 29.1 Å². The molecular formula is C26H22F3N5O. The molecule has 0 bridgehead atoms. The third-order valence-electron chi connectivity index (χ3n) is 4.73. The predicted molar refractivity (Wildman–Crippen MR) is 128 cm³/mol. The number of aryl methyl sites for hydroxylation is 1. The minimum Gasteiger partial charge on any atom is -0.368 e. The number of aromatic nitrogens is 2. The van der Waals surface area contributed by atoms with E-state index in [1.807, 2.05) is 25.9 Å². The van der Waals surface area contributed by atoms with Gasteiger partial charge in [-0.15, -0.1) is 0 Å². The number of carbonyl (C=O) groups is 1. The minimum atomic E-state index is -4.56. The maximum absolute atomic E-state index is 13.3. The molecule has 0 spiro atoms. The zero-order chi connectivity index (χ0) is 25.6. The van der Waals surface area contributed by atoms with Gasteiger partial charge in [-0.1, -0.05) is 29.7 Å². The molecule has 1 amide bonds. The van der Waals surface area contributed by atoms with Gasteiger partial charge < -0.3 is 11.1 Å². The average Bonchev–Trinajstić information content (AvgIpc) is 2.79. The van der Waals surface area contributed by atoms with Gasteiger partial charge in [-0.05, 0) is 56.9 Å². The van der Waals surface area contributed by atoms with Crippen molar-refractivity contribution in [3.8, 4) is 23.7 Å². The molecular weight excluding hydrogens is 455 g/mol. The predicted octanol–water partition coefficient (Wildman–Crippen LogP) is 3.95. The largest absolute Gasteiger partial charge is 0.416 e. The van der Waals surface area contributed by atoms with E-state index in [2.05, 4.69) is 39.0 Å². The summed E-state index contributed by atoms with van der Waals surface area (Å²) in [6.45, 7) is 2.24. The van der Waals surface area contributed by atoms with Gasteiger partial charge in [0.05, 0.1) is 23.4 Å². The molecule has 35 heavy (non-hydrogen) atoms. The van der Waals surface area contributed by atoms with E-state index in [-0.39, 0.29) is 22.8 Å². The topological polar surface area (TPSA) is 84.1 Å². The van der Waals surface area contributed by atoms with Gasteiger partial charge in [0.2, 0.25) is 5.95 Å². The molecule has 178 valence electrons. The standard InChI is InChI=1S/C26H22F3N5O/c1-17-6-8-21(13-20(17)9-7-18-15-31-25(30)32-16-18)24(35)33-23-14-22(26(27,28)29)11-10-19(23)5-4-12-34(2)3/h6,8,10-11,13-16H,12H2,1-3H3,(H,33,35)(H2,30,31,32). The highest BCUT2D eigenvalue weighted by Crippen LogP contribution is 2.32. The van der Waals surface area contributed by atoms with Crippen LogP contribution in [0.5, 0.6) is 0 Å². The first-order chi connectivity index (χ1) is 16.5. The first-order valence-electron chi connectivity index (χ1n) is 10.4. The van der Waals surface area contributed by atoms with Crippen LogP contribution in [-0.2, 0) is 6.18 Å². The Balaban J connectivity index is 1.92. The van der Waals surface area contributed by atoms with Crippen LogP contribution in [0.15, 0.2) is 48.8 Å². The molecule has 6 nitrogen and oxygen atoms in total. The molecule has 0 aliphatic carbocycles. The smallest absolute Gasteiger partial charge is 0.368 e. The highest BCUT2D eigenvalue weighted by Gasteiger charge is 2.31. The monoisotopic (exact) mass is 477 g/mol. The second-order valence-corrected chi connectivity index (χ2v) is 7.86. The fourth-order valence-corrected chi connectivity index (χ4v) is 2.86. The quantitative estimate of drug-likeness (QED) is 0.558. The maximum Gasteiger partial charge on any atom is 0.416 e. The average molecular weight is 477 g/mol. The van der Waals surface area contributed by atoms with Crippen molar-refractivity contribution < 1.29 is 18.0 Å². The molecule has 3 aromatic rings. The zero-order valence-corrected chi connectivity index (χ0v) is 19.3. The number of alkyl halides is 3. The number of carbonyl (C=O) groups excluding carboxylic acids is 1. The molecule has 2 aromatic carbocycles. The normalized spacial score (nSPS) is 10.7. The summed E-state index contributed by atoms with van der Waals surface area (Å²) < 4.78 is 39.8. The molecule has 0 radical (unpaired) electrons. The zero-order valence-electron chi connectivity index (χ0n) is 19.3. The maximum atomic E-state index is 13.3. The Morgan fingerprint density at radius 2 is 1.74 bits per heavy atom. The number of halogens is 3. The molecule has 0 atom stereocenters. The van der Waals surface area contributed by atoms with Crippen LogP contribution >= 0.6 is 0 Å². The number of anilines is 2. The summed E-state index contributed by atoms with van der Waals surface area (Å²) in [5.41, 5.74) is 7.01. The number of nitrogens with one attached hydrogen (secondary N) is 1. The number of rotatable bonds is 3. The van der Waals surface area contributed by atoms with Gasteiger partial charge in [0.25, 0.3) is 5.91 Å². The number of nitrogens with zero attached hydrogens (tertiary/aromatic N) is 3. The molecule has 0 aliphatic heterocycles. The molecule has 9 heteroatoms. The van der Waals surface area contributed by atoms with Crippen LogP contribution in [-0.4, -0.2) is 41.4 Å². The van der Waals surface area contributed by atoms with Crippen LogP contribution in [0.2, 0.25) is 0 Å². The first-order valence-corrected chi connectivity index (χ1v) is 10.4. The van der Waals surface area contributed by atoms with Gasteiger partial charge in [-0.25, -0.2) is 9.97 Å². The summed E-state index contributed by atoms with van der Waals surface area (Å²) in [6.07, 6.45) is -1.60. The fourth-order valence-electron chi connectivity index (χ4n) is 2.86. The Kier molecular flexibility index (Phi) is 7.75. The Bertz CT molecular complexity index is 1360. The van der Waals surface area contributed by atoms with Crippen molar-refractivity contribution in [2.45, 2.75) is 13.1 Å². The van der Waals surface area contributed by atoms with E-state index in [1.54, 1.807) is 18.2 Å². The lowest BCUT2D eigenvalue weighted by Crippen LogP contribution is -2.15. The SMILES string of the molecule is Cc1ccc(C(=O)Nc2cc(C(F)(F)F)ccc2C#CCN(C)C)cc1C#Cc1cnc(N)nc1. The minimum absolute atomic E-state index is 0.0247. The number of hydrogen-bond acceptors (Lipinski definition) is 5. The van der Waals surface area contributed by atoms with Crippen LogP contribution in [0.3, 0.4) is 0 Å². The van der Waals surface area contributed by atoms with Crippen molar-refractivity contribution in [3.05, 3.63) is 82.2 Å². The van der Waals surface area contributed by atoms with E-state index in [1.165, 1.54) is 18.5 Å². The summed E-state index contributed by atoms with van der Waals surface area (Å²) >= 11 is 0. The molecule has 0 fully saturated rings. The molecule has 1 heterocycles. The summed E-state index contributed by atoms with van der Waals surface area (Å²) in [5.74, 6) is 11.1. The van der Waals surface area contributed by atoms with Crippen LogP contribution in [0, 0.1) is 30.6 Å². The molecule has 3 rings (SSSR count). The van der Waals surface area contributed by atoms with Crippen molar-refractivity contribution in [1.82, 2.24) is 14.9 Å². The van der Waals surface area contributed by atoms with Crippen molar-refractivity contribution in [2.75, 3.05) is 31.7 Å². The lowest BCUT2D eigenvalue weighted by Gasteiger charge is -2.13. The molecule has 1 aromatic heterocycles. The molecule has 0 aliphatic rings. The van der Waals surface area contributed by atoms with E-state index in [0.717, 1.165) is 17.7 Å². The molecule has 0 saturated carbocycles. The van der Waals surface area contributed by atoms with E-state index in [9.17, 15) is 18.0 Å². The van der Waals surface area contributed by atoms with E-state index in [4.69, 9.17) is 5.73 Å². The van der Waals surface area contributed by atoms with Crippen molar-refractivity contribution in [1.29, 1.82) is 0 Å². The van der Waals surface area contributed by atoms with Crippen LogP contribution in [0.4, 0.5) is 24.8 Å². The van der Waals surface area contributed by atoms with E-state index >= 15 is 0 Å². The van der Waals surface area contributed by atoms with Gasteiger partial charge in [0.1, 0.15) is 0 Å². The van der Waals surface area contributed by atoms with Crippen LogP contribution in [0.25, 0.3) is 0 Å². The molecule has 0 saturated heterocycles. The lowest BCUT2D eigenvalue weighted by molar-refractivity contribution is -0.137. The Morgan fingerprint density at radius 1 is 1.03 bits per heavy atom. The number of amides is 1. The van der Waals surface area contributed by atoms with Gasteiger partial charge in [0.15, 0.2) is 0 Å². The third-order valence-corrected chi connectivity index (χ3v) is 4.73. The Hall–Kier alpha value is -4.34. The molecule has 0 unspecified atom stereocenters. The molecule has 3 N–H and O–H groups in total. The highest BCUT2D eigenvalue weighted by atomic mass is 19.4. The van der Waals surface area contributed by atoms with Crippen LogP contribution in [0.1, 0.15) is 38.2 Å². The highest BCUT2D eigenvalue weighted by molar-refractivity contribution is 6.05. The summed E-state index contributed by atoms with van der Waals surface area (Å²) in [7, 11) is 3.64. The van der Waals surface area contributed by atoms with Gasteiger partial charge in [-0.3, -0.25) is 9.69 Å². The number of nitrogen functional groups attached to an aromatic ring is 1. The summed E-state index contributed by atoms with van der Waals surface area (Å²) in [4.78, 5) is 22.5.